The third-order valence-corrected chi connectivity index (χ3v) is 5.89. The van der Waals surface area contributed by atoms with Crippen LogP contribution in [0.15, 0.2) is 47.4 Å². The summed E-state index contributed by atoms with van der Waals surface area (Å²) in [5.74, 6) is -3.97. The van der Waals surface area contributed by atoms with Gasteiger partial charge in [-0.2, -0.15) is 0 Å². The topological polar surface area (TPSA) is 145 Å². The van der Waals surface area contributed by atoms with E-state index in [2.05, 4.69) is 10.0 Å². The van der Waals surface area contributed by atoms with Gasteiger partial charge in [0.2, 0.25) is 15.9 Å². The van der Waals surface area contributed by atoms with Crippen molar-refractivity contribution in [2.45, 2.75) is 43.7 Å². The van der Waals surface area contributed by atoms with E-state index in [-0.39, 0.29) is 11.3 Å². The second-order valence-electron chi connectivity index (χ2n) is 7.40. The molecule has 0 aromatic heterocycles. The van der Waals surface area contributed by atoms with E-state index in [1.54, 1.807) is 13.8 Å². The Kier molecular flexibility index (Phi) is 9.15. The highest BCUT2D eigenvalue weighted by Gasteiger charge is 2.27. The van der Waals surface area contributed by atoms with Crippen LogP contribution in [0.4, 0.5) is 14.5 Å². The van der Waals surface area contributed by atoms with Gasteiger partial charge in [0.05, 0.1) is 33.9 Å². The summed E-state index contributed by atoms with van der Waals surface area (Å²) in [7, 11) is -4.23. The van der Waals surface area contributed by atoms with Crippen LogP contribution in [0.25, 0.3) is 0 Å². The van der Waals surface area contributed by atoms with Crippen LogP contribution < -0.4 is 10.0 Å². The van der Waals surface area contributed by atoms with E-state index in [0.717, 1.165) is 6.07 Å². The predicted octanol–water partition coefficient (Wildman–Crippen LogP) is 2.74. The molecule has 2 N–H and O–H groups in total. The zero-order valence-electron chi connectivity index (χ0n) is 18.3. The number of sulfonamides is 1. The number of amides is 1. The van der Waals surface area contributed by atoms with Crippen molar-refractivity contribution in [2.75, 3.05) is 6.54 Å². The lowest BCUT2D eigenvalue weighted by atomic mass is 10.0. The molecule has 2 aromatic carbocycles. The molecular formula is C21H23F2N3O7S. The number of carbonyl (C=O) groups is 2. The van der Waals surface area contributed by atoms with Gasteiger partial charge in [-0.15, -0.1) is 0 Å². The van der Waals surface area contributed by atoms with Gasteiger partial charge < -0.3 is 10.1 Å². The molecule has 1 unspecified atom stereocenters. The summed E-state index contributed by atoms with van der Waals surface area (Å²) >= 11 is 0. The van der Waals surface area contributed by atoms with E-state index in [1.807, 2.05) is 0 Å². The Labute approximate surface area is 194 Å². The summed E-state index contributed by atoms with van der Waals surface area (Å²) in [5.41, 5.74) is -0.242. The fourth-order valence-electron chi connectivity index (χ4n) is 2.96. The predicted molar refractivity (Wildman–Crippen MR) is 116 cm³/mol. The second kappa shape index (κ2) is 11.6. The third kappa shape index (κ3) is 7.56. The standard InChI is InChI=1S/C21H23F2N3O7S/c1-13(2)33-21(28)12-18(15-5-3-4-6-19(15)26(29)30)25-20(27)9-10-24-34(31,32)14-7-8-16(22)17(23)11-14/h3-8,11,13,18,24H,9-10,12H2,1-2H3,(H,25,27). The van der Waals surface area contributed by atoms with Crippen LogP contribution in [0.3, 0.4) is 0 Å². The zero-order chi connectivity index (χ0) is 25.5. The van der Waals surface area contributed by atoms with Gasteiger partial charge in [-0.3, -0.25) is 19.7 Å². The summed E-state index contributed by atoms with van der Waals surface area (Å²) in [6.45, 7) is 2.83. The number of nitrogens with zero attached hydrogens (tertiary/aromatic N) is 1. The number of benzene rings is 2. The average Bonchev–Trinajstić information content (AvgIpc) is 2.74. The smallest absolute Gasteiger partial charge is 0.308 e. The monoisotopic (exact) mass is 499 g/mol. The lowest BCUT2D eigenvalue weighted by Gasteiger charge is -2.19. The molecular weight excluding hydrogens is 476 g/mol. The van der Waals surface area contributed by atoms with Gasteiger partial charge in [-0.05, 0) is 32.0 Å². The number of para-hydroxylation sites is 1. The van der Waals surface area contributed by atoms with E-state index in [4.69, 9.17) is 4.74 Å². The first-order valence-corrected chi connectivity index (χ1v) is 11.6. The summed E-state index contributed by atoms with van der Waals surface area (Å²) in [6, 6.07) is 6.46. The number of halogens is 2. The van der Waals surface area contributed by atoms with E-state index < -0.39 is 74.9 Å². The molecule has 0 aliphatic rings. The van der Waals surface area contributed by atoms with Gasteiger partial charge in [0, 0.05) is 19.0 Å². The highest BCUT2D eigenvalue weighted by molar-refractivity contribution is 7.89. The highest BCUT2D eigenvalue weighted by Crippen LogP contribution is 2.27. The van der Waals surface area contributed by atoms with Crippen molar-refractivity contribution >= 4 is 27.6 Å². The fraction of sp³-hybridized carbons (Fsp3) is 0.333. The number of nitro benzene ring substituents is 1. The molecule has 0 aliphatic heterocycles. The Bertz CT molecular complexity index is 1170. The lowest BCUT2D eigenvalue weighted by Crippen LogP contribution is -2.34. The van der Waals surface area contributed by atoms with Gasteiger partial charge in [0.1, 0.15) is 0 Å². The molecule has 10 nitrogen and oxygen atoms in total. The zero-order valence-corrected chi connectivity index (χ0v) is 19.1. The summed E-state index contributed by atoms with van der Waals surface area (Å²) in [5, 5.41) is 13.9. The molecule has 0 heterocycles. The molecule has 0 aliphatic carbocycles. The molecule has 34 heavy (non-hydrogen) atoms. The first-order valence-electron chi connectivity index (χ1n) is 10.1. The Morgan fingerprint density at radius 2 is 1.79 bits per heavy atom. The quantitative estimate of drug-likeness (QED) is 0.275. The van der Waals surface area contributed by atoms with Gasteiger partial charge >= 0.3 is 5.97 Å². The molecule has 0 fully saturated rings. The van der Waals surface area contributed by atoms with Crippen molar-refractivity contribution < 1.29 is 36.4 Å². The number of hydrogen-bond acceptors (Lipinski definition) is 7. The minimum atomic E-state index is -4.23. The maximum absolute atomic E-state index is 13.3. The molecule has 0 radical (unpaired) electrons. The molecule has 184 valence electrons. The molecule has 2 rings (SSSR count). The maximum atomic E-state index is 13.3. The van der Waals surface area contributed by atoms with Crippen molar-refractivity contribution in [2.24, 2.45) is 0 Å². The van der Waals surface area contributed by atoms with Crippen LogP contribution >= 0.6 is 0 Å². The molecule has 2 aromatic rings. The van der Waals surface area contributed by atoms with E-state index in [9.17, 15) is 36.9 Å². The summed E-state index contributed by atoms with van der Waals surface area (Å²) in [4.78, 5) is 34.8. The van der Waals surface area contributed by atoms with Gasteiger partial charge in [-0.1, -0.05) is 18.2 Å². The highest BCUT2D eigenvalue weighted by atomic mass is 32.2. The van der Waals surface area contributed by atoms with Crippen molar-refractivity contribution in [1.29, 1.82) is 0 Å². The molecule has 1 amide bonds. The van der Waals surface area contributed by atoms with Crippen molar-refractivity contribution in [3.8, 4) is 0 Å². The average molecular weight is 499 g/mol. The number of ether oxygens (including phenoxy) is 1. The maximum Gasteiger partial charge on any atom is 0.308 e. The molecule has 1 atom stereocenters. The first kappa shape index (κ1) is 26.8. The van der Waals surface area contributed by atoms with E-state index >= 15 is 0 Å². The van der Waals surface area contributed by atoms with Crippen molar-refractivity contribution in [1.82, 2.24) is 10.0 Å². The van der Waals surface area contributed by atoms with E-state index in [1.165, 1.54) is 24.3 Å². The SMILES string of the molecule is CC(C)OC(=O)CC(NC(=O)CCNS(=O)(=O)c1ccc(F)c(F)c1)c1ccccc1[N+](=O)[O-]. The number of nitrogens with one attached hydrogen (secondary N) is 2. The van der Waals surface area contributed by atoms with Gasteiger partial charge in [-0.25, -0.2) is 21.9 Å². The van der Waals surface area contributed by atoms with Crippen LogP contribution in [-0.4, -0.2) is 37.9 Å². The third-order valence-electron chi connectivity index (χ3n) is 4.43. The minimum Gasteiger partial charge on any atom is -0.463 e. The van der Waals surface area contributed by atoms with Gasteiger partial charge in [0.25, 0.3) is 5.69 Å². The van der Waals surface area contributed by atoms with Crippen LogP contribution in [0.1, 0.15) is 38.3 Å². The van der Waals surface area contributed by atoms with Crippen molar-refractivity contribution in [3.63, 3.8) is 0 Å². The Balaban J connectivity index is 2.10. The Morgan fingerprint density at radius 3 is 2.41 bits per heavy atom. The number of esters is 1. The lowest BCUT2D eigenvalue weighted by molar-refractivity contribution is -0.385. The Morgan fingerprint density at radius 1 is 1.12 bits per heavy atom. The molecule has 0 bridgehead atoms. The van der Waals surface area contributed by atoms with E-state index in [0.29, 0.717) is 12.1 Å². The molecule has 13 heteroatoms. The number of rotatable bonds is 11. The molecule has 0 spiro atoms. The van der Waals surface area contributed by atoms with Crippen LogP contribution in [0.5, 0.6) is 0 Å². The van der Waals surface area contributed by atoms with Crippen LogP contribution in [-0.2, 0) is 24.3 Å². The fourth-order valence-corrected chi connectivity index (χ4v) is 4.00. The molecule has 0 saturated heterocycles. The van der Waals surface area contributed by atoms with Gasteiger partial charge in [0.15, 0.2) is 11.6 Å². The number of hydrogen-bond donors (Lipinski definition) is 2. The molecule has 0 saturated carbocycles. The van der Waals surface area contributed by atoms with Crippen LogP contribution in [0, 0.1) is 21.7 Å². The normalized spacial score (nSPS) is 12.3. The number of carbonyl (C=O) groups excluding carboxylic acids is 2. The summed E-state index contributed by atoms with van der Waals surface area (Å²) < 4.78 is 57.9. The van der Waals surface area contributed by atoms with Crippen LogP contribution in [0.2, 0.25) is 0 Å². The Hall–Kier alpha value is -3.45. The first-order chi connectivity index (χ1) is 15.9. The summed E-state index contributed by atoms with van der Waals surface area (Å²) in [6.07, 6.45) is -1.24. The largest absolute Gasteiger partial charge is 0.463 e. The number of nitro groups is 1. The van der Waals surface area contributed by atoms with Crippen molar-refractivity contribution in [3.05, 3.63) is 69.8 Å². The second-order valence-corrected chi connectivity index (χ2v) is 9.17. The minimum absolute atomic E-state index is 0.0731.